The minimum Gasteiger partial charge on any atom is -0.461 e. The molecule has 0 unspecified atom stereocenters. The first-order valence-corrected chi connectivity index (χ1v) is 8.35. The number of ether oxygens (including phenoxy) is 1. The van der Waals surface area contributed by atoms with Crippen LogP contribution in [0, 0.1) is 0 Å². The third-order valence-corrected chi connectivity index (χ3v) is 3.86. The number of likely N-dealkylation sites (N-methyl/N-ethyl adjacent to an activating group) is 1. The molecule has 1 aromatic carbocycles. The number of aromatic nitrogens is 1. The summed E-state index contributed by atoms with van der Waals surface area (Å²) in [5, 5.41) is 2.77. The van der Waals surface area contributed by atoms with Gasteiger partial charge in [-0.25, -0.2) is 4.79 Å². The van der Waals surface area contributed by atoms with Gasteiger partial charge in [-0.3, -0.25) is 9.78 Å². The topological polar surface area (TPSA) is 71.5 Å². The van der Waals surface area contributed by atoms with Gasteiger partial charge < -0.3 is 15.0 Å². The lowest BCUT2D eigenvalue weighted by Crippen LogP contribution is -2.27. The zero-order valence-corrected chi connectivity index (χ0v) is 14.6. The lowest BCUT2D eigenvalue weighted by molar-refractivity contribution is 0.0466. The standard InChI is InChI=1S/C19H23N3O3/c1-3-22(4-2)13-14-25-19(24)16-5-7-17(8-6-16)21-18(23)15-9-11-20-12-10-15/h5-12H,3-4,13-14H2,1-2H3,(H,21,23). The van der Waals surface area contributed by atoms with E-state index in [2.05, 4.69) is 29.0 Å². The molecule has 6 nitrogen and oxygen atoms in total. The summed E-state index contributed by atoms with van der Waals surface area (Å²) in [6.07, 6.45) is 3.12. The smallest absolute Gasteiger partial charge is 0.338 e. The number of hydrogen-bond acceptors (Lipinski definition) is 5. The van der Waals surface area contributed by atoms with Crippen LogP contribution in [0.2, 0.25) is 0 Å². The van der Waals surface area contributed by atoms with Crippen LogP contribution in [0.15, 0.2) is 48.8 Å². The van der Waals surface area contributed by atoms with E-state index in [4.69, 9.17) is 4.74 Å². The molecule has 132 valence electrons. The summed E-state index contributed by atoms with van der Waals surface area (Å²) >= 11 is 0. The zero-order chi connectivity index (χ0) is 18.1. The Kier molecular flexibility index (Phi) is 7.10. The van der Waals surface area contributed by atoms with Crippen LogP contribution in [0.4, 0.5) is 5.69 Å². The van der Waals surface area contributed by atoms with Crippen molar-refractivity contribution in [2.24, 2.45) is 0 Å². The molecule has 6 heteroatoms. The Balaban J connectivity index is 1.86. The van der Waals surface area contributed by atoms with E-state index in [-0.39, 0.29) is 11.9 Å². The maximum atomic E-state index is 12.1. The fourth-order valence-corrected chi connectivity index (χ4v) is 2.29. The summed E-state index contributed by atoms with van der Waals surface area (Å²) < 4.78 is 5.28. The van der Waals surface area contributed by atoms with E-state index in [0.29, 0.717) is 23.4 Å². The Hall–Kier alpha value is -2.73. The first-order valence-electron chi connectivity index (χ1n) is 8.35. The number of anilines is 1. The molecule has 2 aromatic rings. The molecule has 1 aromatic heterocycles. The van der Waals surface area contributed by atoms with Crippen molar-refractivity contribution in [2.75, 3.05) is 31.6 Å². The highest BCUT2D eigenvalue weighted by Gasteiger charge is 2.09. The van der Waals surface area contributed by atoms with Gasteiger partial charge in [0.05, 0.1) is 5.56 Å². The average Bonchev–Trinajstić information content (AvgIpc) is 2.66. The molecule has 0 aliphatic carbocycles. The minimum absolute atomic E-state index is 0.225. The molecule has 1 N–H and O–H groups in total. The van der Waals surface area contributed by atoms with E-state index in [1.807, 2.05) is 0 Å². The number of amides is 1. The van der Waals surface area contributed by atoms with Crippen molar-refractivity contribution in [3.05, 3.63) is 59.9 Å². The van der Waals surface area contributed by atoms with E-state index < -0.39 is 0 Å². The SMILES string of the molecule is CCN(CC)CCOC(=O)c1ccc(NC(=O)c2ccncc2)cc1. The maximum Gasteiger partial charge on any atom is 0.338 e. The fourth-order valence-electron chi connectivity index (χ4n) is 2.29. The summed E-state index contributed by atoms with van der Waals surface area (Å²) in [6, 6.07) is 9.91. The molecule has 2 rings (SSSR count). The molecule has 1 heterocycles. The Morgan fingerprint density at radius 2 is 1.64 bits per heavy atom. The normalized spacial score (nSPS) is 10.5. The Morgan fingerprint density at radius 3 is 2.24 bits per heavy atom. The van der Waals surface area contributed by atoms with Crippen molar-refractivity contribution in [3.8, 4) is 0 Å². The molecule has 1 amide bonds. The number of carbonyl (C=O) groups excluding carboxylic acids is 2. The van der Waals surface area contributed by atoms with Gasteiger partial charge in [0.1, 0.15) is 6.61 Å². The van der Waals surface area contributed by atoms with Crippen molar-refractivity contribution >= 4 is 17.6 Å². The average molecular weight is 341 g/mol. The van der Waals surface area contributed by atoms with Gasteiger partial charge in [-0.1, -0.05) is 13.8 Å². The van der Waals surface area contributed by atoms with E-state index in [1.54, 1.807) is 48.8 Å². The fraction of sp³-hybridized carbons (Fsp3) is 0.316. The van der Waals surface area contributed by atoms with Gasteiger partial charge in [0.2, 0.25) is 0 Å². The number of hydrogen-bond donors (Lipinski definition) is 1. The van der Waals surface area contributed by atoms with Crippen LogP contribution in [-0.2, 0) is 4.74 Å². The first kappa shape index (κ1) is 18.6. The predicted octanol–water partition coefficient (Wildman–Crippen LogP) is 2.83. The number of nitrogens with zero attached hydrogens (tertiary/aromatic N) is 2. The molecule has 0 bridgehead atoms. The van der Waals surface area contributed by atoms with Gasteiger partial charge in [0.25, 0.3) is 5.91 Å². The molecule has 0 saturated heterocycles. The molecular formula is C19H23N3O3. The van der Waals surface area contributed by atoms with Gasteiger partial charge in [-0.15, -0.1) is 0 Å². The summed E-state index contributed by atoms with van der Waals surface area (Å²) in [5.74, 6) is -0.587. The van der Waals surface area contributed by atoms with Crippen LogP contribution >= 0.6 is 0 Å². The van der Waals surface area contributed by atoms with Crippen LogP contribution in [0.25, 0.3) is 0 Å². The van der Waals surface area contributed by atoms with E-state index >= 15 is 0 Å². The van der Waals surface area contributed by atoms with Crippen molar-refractivity contribution in [1.29, 1.82) is 0 Å². The van der Waals surface area contributed by atoms with E-state index in [9.17, 15) is 9.59 Å². The van der Waals surface area contributed by atoms with Crippen molar-refractivity contribution in [2.45, 2.75) is 13.8 Å². The second-order valence-electron chi connectivity index (χ2n) is 5.43. The highest BCUT2D eigenvalue weighted by Crippen LogP contribution is 2.12. The summed E-state index contributed by atoms with van der Waals surface area (Å²) in [4.78, 5) is 30.1. The van der Waals surface area contributed by atoms with Crippen LogP contribution < -0.4 is 5.32 Å². The highest BCUT2D eigenvalue weighted by molar-refractivity contribution is 6.04. The molecule has 0 radical (unpaired) electrons. The van der Waals surface area contributed by atoms with Crippen LogP contribution in [0.3, 0.4) is 0 Å². The summed E-state index contributed by atoms with van der Waals surface area (Å²) in [7, 11) is 0. The first-order chi connectivity index (χ1) is 12.1. The van der Waals surface area contributed by atoms with Gasteiger partial charge in [0.15, 0.2) is 0 Å². The monoisotopic (exact) mass is 341 g/mol. The second kappa shape index (κ2) is 9.54. The summed E-state index contributed by atoms with van der Waals surface area (Å²) in [6.45, 7) is 7.09. The molecule has 0 spiro atoms. The van der Waals surface area contributed by atoms with E-state index in [1.165, 1.54) is 0 Å². The molecule has 0 aliphatic heterocycles. The molecule has 0 fully saturated rings. The Bertz CT molecular complexity index is 683. The molecule has 0 aliphatic rings. The molecular weight excluding hydrogens is 318 g/mol. The quantitative estimate of drug-likeness (QED) is 0.748. The van der Waals surface area contributed by atoms with Gasteiger partial charge in [0, 0.05) is 30.2 Å². The van der Waals surface area contributed by atoms with Gasteiger partial charge in [-0.2, -0.15) is 0 Å². The number of pyridine rings is 1. The number of carbonyl (C=O) groups is 2. The Labute approximate surface area is 147 Å². The number of benzene rings is 1. The third kappa shape index (κ3) is 5.69. The number of nitrogens with one attached hydrogen (secondary N) is 1. The molecule has 25 heavy (non-hydrogen) atoms. The lowest BCUT2D eigenvalue weighted by Gasteiger charge is -2.17. The highest BCUT2D eigenvalue weighted by atomic mass is 16.5. The van der Waals surface area contributed by atoms with Gasteiger partial charge in [-0.05, 0) is 49.5 Å². The predicted molar refractivity (Wildman–Crippen MR) is 96.7 cm³/mol. The number of rotatable bonds is 8. The second-order valence-corrected chi connectivity index (χ2v) is 5.43. The third-order valence-electron chi connectivity index (χ3n) is 3.86. The zero-order valence-electron chi connectivity index (χ0n) is 14.6. The van der Waals surface area contributed by atoms with Crippen molar-refractivity contribution in [3.63, 3.8) is 0 Å². The minimum atomic E-state index is -0.362. The van der Waals surface area contributed by atoms with Gasteiger partial charge >= 0.3 is 5.97 Å². The van der Waals surface area contributed by atoms with Crippen molar-refractivity contribution < 1.29 is 14.3 Å². The largest absolute Gasteiger partial charge is 0.461 e. The lowest BCUT2D eigenvalue weighted by atomic mass is 10.2. The van der Waals surface area contributed by atoms with Crippen LogP contribution in [0.1, 0.15) is 34.6 Å². The van der Waals surface area contributed by atoms with Crippen molar-refractivity contribution in [1.82, 2.24) is 9.88 Å². The number of esters is 1. The summed E-state index contributed by atoms with van der Waals surface area (Å²) in [5.41, 5.74) is 1.60. The van der Waals surface area contributed by atoms with E-state index in [0.717, 1.165) is 19.6 Å². The van der Waals surface area contributed by atoms with Crippen LogP contribution in [-0.4, -0.2) is 48.0 Å². The Morgan fingerprint density at radius 1 is 1.00 bits per heavy atom. The molecule has 0 atom stereocenters. The maximum absolute atomic E-state index is 12.1. The molecule has 0 saturated carbocycles. The van der Waals surface area contributed by atoms with Crippen LogP contribution in [0.5, 0.6) is 0 Å².